The van der Waals surface area contributed by atoms with Gasteiger partial charge in [-0.1, -0.05) is 0 Å². The fraction of sp³-hybridized carbons (Fsp3) is 0.500. The van der Waals surface area contributed by atoms with Crippen LogP contribution in [-0.2, 0) is 0 Å². The van der Waals surface area contributed by atoms with Gasteiger partial charge in [0.25, 0.3) is 0 Å². The predicted octanol–water partition coefficient (Wildman–Crippen LogP) is 7.22. The normalized spacial score (nSPS) is 20.0. The van der Waals surface area contributed by atoms with Crippen LogP contribution in [0.1, 0.15) is 60.8 Å². The van der Waals surface area contributed by atoms with Gasteiger partial charge < -0.3 is 0 Å². The second-order valence-corrected chi connectivity index (χ2v) is 16.5. The number of allylic oxidation sites excluding steroid dienone is 12. The maximum absolute atomic E-state index is 2.45. The standard InChI is InChI=1S/3C8H11.Ce/c3*1-7(2)8-5-3-4-6-8;/h3*3,5,7H,4H2,1-2H3;. The van der Waals surface area contributed by atoms with Gasteiger partial charge in [-0.2, -0.15) is 0 Å². The summed E-state index contributed by atoms with van der Waals surface area (Å²) in [6.45, 7) is 14.3. The molecule has 3 aliphatic carbocycles. The Hall–Kier alpha value is -0.183. The monoisotopic (exact) mass is 461 g/mol. The Kier molecular flexibility index (Phi) is 6.44. The summed E-state index contributed by atoms with van der Waals surface area (Å²) < 4.78 is 5.65. The molecule has 0 N–H and O–H groups in total. The molecule has 0 aliphatic heterocycles. The first-order valence-corrected chi connectivity index (χ1v) is 14.7. The van der Waals surface area contributed by atoms with E-state index in [1.807, 2.05) is 3.27 Å². The van der Waals surface area contributed by atoms with Gasteiger partial charge in [0.05, 0.1) is 0 Å². The van der Waals surface area contributed by atoms with Crippen molar-refractivity contribution in [1.82, 2.24) is 0 Å². The fourth-order valence-corrected chi connectivity index (χ4v) is 17.2. The van der Waals surface area contributed by atoms with E-state index in [4.69, 9.17) is 0 Å². The second-order valence-electron chi connectivity index (χ2n) is 8.46. The van der Waals surface area contributed by atoms with Crippen molar-refractivity contribution in [2.24, 2.45) is 17.8 Å². The summed E-state index contributed by atoms with van der Waals surface area (Å²) in [7, 11) is 0. The molecule has 0 bridgehead atoms. The summed E-state index contributed by atoms with van der Waals surface area (Å²) in [5.41, 5.74) is 5.02. The Morgan fingerprint density at radius 3 is 1.08 bits per heavy atom. The average Bonchev–Trinajstić information content (AvgIpc) is 3.28. The molecule has 3 rings (SSSR count). The zero-order valence-electron chi connectivity index (χ0n) is 16.8. The van der Waals surface area contributed by atoms with Crippen molar-refractivity contribution in [2.45, 2.75) is 60.8 Å². The van der Waals surface area contributed by atoms with Gasteiger partial charge in [-0.25, -0.2) is 0 Å². The van der Waals surface area contributed by atoms with Crippen molar-refractivity contribution in [1.29, 1.82) is 0 Å². The van der Waals surface area contributed by atoms with Crippen LogP contribution in [0.4, 0.5) is 0 Å². The van der Waals surface area contributed by atoms with Gasteiger partial charge in [0, 0.05) is 0 Å². The van der Waals surface area contributed by atoms with Crippen molar-refractivity contribution >= 4 is 0 Å². The van der Waals surface area contributed by atoms with Crippen LogP contribution in [0.2, 0.25) is 0 Å². The van der Waals surface area contributed by atoms with E-state index < -0.39 is 35.5 Å². The molecule has 0 radical (unpaired) electrons. The van der Waals surface area contributed by atoms with E-state index in [0.29, 0.717) is 17.8 Å². The summed E-state index contributed by atoms with van der Waals surface area (Å²) in [5.74, 6) is 1.97. The van der Waals surface area contributed by atoms with Gasteiger partial charge in [-0.15, -0.1) is 0 Å². The van der Waals surface area contributed by atoms with E-state index in [2.05, 4.69) is 78.0 Å². The van der Waals surface area contributed by atoms with Crippen LogP contribution in [0.3, 0.4) is 0 Å². The zero-order valence-corrected chi connectivity index (χ0v) is 20.0. The van der Waals surface area contributed by atoms with Crippen LogP contribution < -0.4 is 0 Å². The van der Waals surface area contributed by atoms with Gasteiger partial charge in [-0.05, 0) is 0 Å². The van der Waals surface area contributed by atoms with Gasteiger partial charge in [0.2, 0.25) is 0 Å². The van der Waals surface area contributed by atoms with Crippen LogP contribution in [-0.4, -0.2) is 0 Å². The zero-order chi connectivity index (χ0) is 18.1. The topological polar surface area (TPSA) is 0 Å². The first kappa shape index (κ1) is 19.6. The molecule has 0 saturated carbocycles. The Labute approximate surface area is 169 Å². The molecule has 0 heterocycles. The molecule has 1 heteroatoms. The second kappa shape index (κ2) is 8.23. The third-order valence-electron chi connectivity index (χ3n) is 5.67. The van der Waals surface area contributed by atoms with Gasteiger partial charge in [0.1, 0.15) is 0 Å². The SMILES string of the molecule is CC(C)C1=[C]([Ce]([C]2=C(C(C)C)C=CC2)[C]2=C(C(C)C)C=CC2)CC=C1. The molecule has 133 valence electrons. The van der Waals surface area contributed by atoms with Crippen molar-refractivity contribution in [3.8, 4) is 0 Å². The summed E-state index contributed by atoms with van der Waals surface area (Å²) in [6, 6.07) is 0. The first-order chi connectivity index (χ1) is 11.9. The Bertz CT molecular complexity index is 617. The van der Waals surface area contributed by atoms with Gasteiger partial charge >= 0.3 is 170 Å². The maximum atomic E-state index is 2.45. The summed E-state index contributed by atoms with van der Waals surface area (Å²) in [4.78, 5) is 0. The molecule has 0 spiro atoms. The van der Waals surface area contributed by atoms with E-state index in [-0.39, 0.29) is 0 Å². The van der Waals surface area contributed by atoms with Gasteiger partial charge in [-0.3, -0.25) is 0 Å². The molecule has 0 atom stereocenters. The van der Waals surface area contributed by atoms with E-state index in [1.165, 1.54) is 19.3 Å². The van der Waals surface area contributed by atoms with Crippen LogP contribution >= 0.6 is 0 Å². The number of hydrogen-bond acceptors (Lipinski definition) is 0. The first-order valence-electron chi connectivity index (χ1n) is 9.98. The number of rotatable bonds is 6. The van der Waals surface area contributed by atoms with Crippen LogP contribution in [0, 0.1) is 53.2 Å². The quantitative estimate of drug-likeness (QED) is 0.392. The average molecular weight is 462 g/mol. The molecule has 0 fully saturated rings. The van der Waals surface area contributed by atoms with E-state index >= 15 is 0 Å². The molecule has 0 aromatic rings. The third kappa shape index (κ3) is 3.91. The summed E-state index contributed by atoms with van der Waals surface area (Å²) in [5, 5.41) is 0. The molecule has 0 saturated heterocycles. The van der Waals surface area contributed by atoms with E-state index in [0.717, 1.165) is 0 Å². The molecular weight excluding hydrogens is 428 g/mol. The Morgan fingerprint density at radius 2 is 0.840 bits per heavy atom. The molecule has 3 aliphatic rings. The van der Waals surface area contributed by atoms with E-state index in [1.54, 1.807) is 16.7 Å². The van der Waals surface area contributed by atoms with Crippen LogP contribution in [0.25, 0.3) is 0 Å². The molecule has 25 heavy (non-hydrogen) atoms. The predicted molar refractivity (Wildman–Crippen MR) is 107 cm³/mol. The molecule has 0 amide bonds. The van der Waals surface area contributed by atoms with E-state index in [9.17, 15) is 0 Å². The number of hydrogen-bond donors (Lipinski definition) is 0. The molecule has 0 aromatic heterocycles. The fourth-order valence-electron chi connectivity index (χ4n) is 4.47. The van der Waals surface area contributed by atoms with Gasteiger partial charge in [0.15, 0.2) is 0 Å². The molecule has 0 nitrogen and oxygen atoms in total. The Balaban J connectivity index is 2.17. The third-order valence-corrected chi connectivity index (χ3v) is 16.0. The Morgan fingerprint density at radius 1 is 0.560 bits per heavy atom. The summed E-state index contributed by atoms with van der Waals surface area (Å²) >= 11 is -2.24. The molecular formula is C24H33Ce. The minimum atomic E-state index is -2.24. The minimum absolute atomic E-state index is 0.656. The molecule has 0 aromatic carbocycles. The van der Waals surface area contributed by atoms with Crippen molar-refractivity contribution in [2.75, 3.05) is 0 Å². The van der Waals surface area contributed by atoms with Crippen molar-refractivity contribution in [3.05, 3.63) is 56.4 Å². The summed E-state index contributed by atoms with van der Waals surface area (Å²) in [6.07, 6.45) is 18.3. The van der Waals surface area contributed by atoms with Crippen LogP contribution in [0.15, 0.2) is 56.4 Å². The van der Waals surface area contributed by atoms with Crippen molar-refractivity contribution < 1.29 is 35.5 Å². The van der Waals surface area contributed by atoms with Crippen molar-refractivity contribution in [3.63, 3.8) is 0 Å². The molecule has 0 unspecified atom stereocenters. The van der Waals surface area contributed by atoms with Crippen LogP contribution in [0.5, 0.6) is 0 Å².